The molecular weight excluding hydrogens is 364 g/mol. The van der Waals surface area contributed by atoms with Crippen LogP contribution in [0.5, 0.6) is 0 Å². The lowest BCUT2D eigenvalue weighted by Crippen LogP contribution is -2.44. The molecule has 8 nitrogen and oxygen atoms in total. The summed E-state index contributed by atoms with van der Waals surface area (Å²) in [4.78, 5) is 41.4. The molecule has 0 radical (unpaired) electrons. The highest BCUT2D eigenvalue weighted by molar-refractivity contribution is 6.33. The van der Waals surface area contributed by atoms with Crippen molar-refractivity contribution in [3.63, 3.8) is 0 Å². The van der Waals surface area contributed by atoms with Crippen LogP contribution >= 0.6 is 11.6 Å². The molecule has 0 aromatic carbocycles. The van der Waals surface area contributed by atoms with E-state index in [2.05, 4.69) is 9.72 Å². The van der Waals surface area contributed by atoms with Crippen molar-refractivity contribution >= 4 is 35.6 Å². The number of nitrogens with zero attached hydrogens (tertiary/aromatic N) is 2. The van der Waals surface area contributed by atoms with Crippen LogP contribution in [0.15, 0.2) is 12.3 Å². The maximum Gasteiger partial charge on any atom is 0.425 e. The Morgan fingerprint density at radius 2 is 1.46 bits per heavy atom. The number of hydrogen-bond donors (Lipinski definition) is 0. The summed E-state index contributed by atoms with van der Waals surface area (Å²) in [5.41, 5.74) is -1.79. The minimum absolute atomic E-state index is 0.00827. The highest BCUT2D eigenvalue weighted by atomic mass is 35.5. The maximum absolute atomic E-state index is 12.5. The third kappa shape index (κ3) is 6.18. The second-order valence-corrected chi connectivity index (χ2v) is 7.72. The molecule has 1 rings (SSSR count). The van der Waals surface area contributed by atoms with Crippen LogP contribution in [-0.4, -0.2) is 41.5 Å². The first kappa shape index (κ1) is 21.7. The fraction of sp³-hybridized carbons (Fsp3) is 0.529. The molecule has 0 spiro atoms. The minimum Gasteiger partial charge on any atom is -0.465 e. The highest BCUT2D eigenvalue weighted by Crippen LogP contribution is 2.24. The van der Waals surface area contributed by atoms with Gasteiger partial charge in [0, 0.05) is 6.20 Å². The van der Waals surface area contributed by atoms with Crippen molar-refractivity contribution in [2.75, 3.05) is 12.0 Å². The smallest absolute Gasteiger partial charge is 0.425 e. The van der Waals surface area contributed by atoms with E-state index in [1.165, 1.54) is 7.11 Å². The third-order valence-corrected chi connectivity index (χ3v) is 2.93. The number of anilines is 1. The number of methoxy groups -OCH3 is 1. The van der Waals surface area contributed by atoms with E-state index in [1.807, 2.05) is 0 Å². The van der Waals surface area contributed by atoms with Crippen molar-refractivity contribution in [2.45, 2.75) is 52.7 Å². The lowest BCUT2D eigenvalue weighted by Gasteiger charge is -2.28. The molecule has 1 aromatic rings. The molecule has 0 fully saturated rings. The van der Waals surface area contributed by atoms with Gasteiger partial charge in [0.25, 0.3) is 0 Å². The number of ether oxygens (including phenoxy) is 3. The Hall–Kier alpha value is -2.35. The van der Waals surface area contributed by atoms with Crippen LogP contribution < -0.4 is 4.90 Å². The van der Waals surface area contributed by atoms with Gasteiger partial charge in [-0.2, -0.15) is 4.90 Å². The number of pyridine rings is 1. The lowest BCUT2D eigenvalue weighted by molar-refractivity contribution is 0.0427. The van der Waals surface area contributed by atoms with E-state index in [-0.39, 0.29) is 16.4 Å². The number of carbonyl (C=O) groups excluding carboxylic acids is 3. The summed E-state index contributed by atoms with van der Waals surface area (Å²) < 4.78 is 15.1. The van der Waals surface area contributed by atoms with Gasteiger partial charge in [-0.1, -0.05) is 11.6 Å². The fourth-order valence-corrected chi connectivity index (χ4v) is 1.87. The number of carbonyl (C=O) groups is 3. The molecule has 0 atom stereocenters. The average molecular weight is 387 g/mol. The molecule has 1 heterocycles. The predicted molar refractivity (Wildman–Crippen MR) is 95.5 cm³/mol. The quantitative estimate of drug-likeness (QED) is 0.555. The van der Waals surface area contributed by atoms with Gasteiger partial charge in [0.1, 0.15) is 17.0 Å². The topological polar surface area (TPSA) is 95.0 Å². The summed E-state index contributed by atoms with van der Waals surface area (Å²) in [6.45, 7) is 9.88. The normalized spacial score (nSPS) is 11.5. The summed E-state index contributed by atoms with van der Waals surface area (Å²) in [5, 5.41) is 0.00827. The Balaban J connectivity index is 3.38. The van der Waals surface area contributed by atoms with E-state index >= 15 is 0 Å². The molecule has 0 N–H and O–H groups in total. The number of rotatable bonds is 2. The van der Waals surface area contributed by atoms with Crippen molar-refractivity contribution < 1.29 is 28.6 Å². The Morgan fingerprint density at radius 1 is 1.00 bits per heavy atom. The van der Waals surface area contributed by atoms with Gasteiger partial charge in [-0.3, -0.25) is 0 Å². The minimum atomic E-state index is -1.00. The molecule has 0 saturated heterocycles. The Labute approximate surface area is 157 Å². The zero-order valence-corrected chi connectivity index (χ0v) is 16.6. The zero-order chi connectivity index (χ0) is 20.3. The molecule has 9 heteroatoms. The molecule has 0 saturated carbocycles. The van der Waals surface area contributed by atoms with E-state index in [0.717, 1.165) is 12.3 Å². The first-order chi connectivity index (χ1) is 11.7. The van der Waals surface area contributed by atoms with Gasteiger partial charge in [0.2, 0.25) is 0 Å². The van der Waals surface area contributed by atoms with Crippen molar-refractivity contribution in [2.24, 2.45) is 0 Å². The predicted octanol–water partition coefficient (Wildman–Crippen LogP) is 4.20. The fourth-order valence-electron chi connectivity index (χ4n) is 1.69. The summed E-state index contributed by atoms with van der Waals surface area (Å²) in [5.74, 6) is -0.926. The van der Waals surface area contributed by atoms with Gasteiger partial charge in [0.15, 0.2) is 0 Å². The standard InChI is InChI=1S/C17H23ClN2O6/c1-16(2,3)25-14(22)20(15(23)26-17(4,5)6)12-8-10(13(21)24-7)11(18)9-19-12/h8-9H,1-7H3. The molecule has 0 aliphatic heterocycles. The molecule has 1 aromatic heterocycles. The second-order valence-electron chi connectivity index (χ2n) is 7.31. The van der Waals surface area contributed by atoms with Crippen molar-refractivity contribution in [3.05, 3.63) is 22.8 Å². The average Bonchev–Trinajstić information content (AvgIpc) is 2.44. The number of imide groups is 1. The first-order valence-electron chi connectivity index (χ1n) is 7.75. The van der Waals surface area contributed by atoms with Gasteiger partial charge in [0.05, 0.1) is 17.7 Å². The molecule has 0 bridgehead atoms. The summed E-state index contributed by atoms with van der Waals surface area (Å²) >= 11 is 5.93. The molecule has 2 amide bonds. The van der Waals surface area contributed by atoms with Gasteiger partial charge < -0.3 is 14.2 Å². The Kier molecular flexibility index (Phi) is 6.59. The van der Waals surface area contributed by atoms with E-state index in [4.69, 9.17) is 21.1 Å². The lowest BCUT2D eigenvalue weighted by atomic mass is 10.2. The van der Waals surface area contributed by atoms with Gasteiger partial charge in [-0.25, -0.2) is 19.4 Å². The molecule has 0 aliphatic rings. The van der Waals surface area contributed by atoms with Crippen molar-refractivity contribution in [1.82, 2.24) is 4.98 Å². The number of aromatic nitrogens is 1. The van der Waals surface area contributed by atoms with Gasteiger partial charge in [-0.05, 0) is 47.6 Å². The van der Waals surface area contributed by atoms with E-state index < -0.39 is 29.4 Å². The van der Waals surface area contributed by atoms with E-state index in [9.17, 15) is 14.4 Å². The van der Waals surface area contributed by atoms with Gasteiger partial charge >= 0.3 is 18.2 Å². The van der Waals surface area contributed by atoms with Crippen LogP contribution in [0.4, 0.5) is 15.4 Å². The van der Waals surface area contributed by atoms with Crippen molar-refractivity contribution in [3.8, 4) is 0 Å². The second kappa shape index (κ2) is 7.90. The molecule has 0 aliphatic carbocycles. The number of hydrogen-bond acceptors (Lipinski definition) is 7. The van der Waals surface area contributed by atoms with Crippen LogP contribution in [0.1, 0.15) is 51.9 Å². The summed E-state index contributed by atoms with van der Waals surface area (Å²) in [6, 6.07) is 1.15. The van der Waals surface area contributed by atoms with E-state index in [0.29, 0.717) is 4.90 Å². The summed E-state index contributed by atoms with van der Waals surface area (Å²) in [6.07, 6.45) is -0.875. The highest BCUT2D eigenvalue weighted by Gasteiger charge is 2.34. The Bertz CT molecular complexity index is 678. The maximum atomic E-state index is 12.5. The third-order valence-electron chi connectivity index (χ3n) is 2.63. The van der Waals surface area contributed by atoms with Crippen LogP contribution in [0, 0.1) is 0 Å². The summed E-state index contributed by atoms with van der Waals surface area (Å²) in [7, 11) is 1.18. The first-order valence-corrected chi connectivity index (χ1v) is 8.13. The van der Waals surface area contributed by atoms with Crippen molar-refractivity contribution in [1.29, 1.82) is 0 Å². The van der Waals surface area contributed by atoms with Crippen LogP contribution in [0.25, 0.3) is 0 Å². The monoisotopic (exact) mass is 386 g/mol. The van der Waals surface area contributed by atoms with E-state index in [1.54, 1.807) is 41.5 Å². The molecule has 26 heavy (non-hydrogen) atoms. The van der Waals surface area contributed by atoms with Crippen LogP contribution in [0.2, 0.25) is 5.02 Å². The zero-order valence-electron chi connectivity index (χ0n) is 15.9. The largest absolute Gasteiger partial charge is 0.465 e. The van der Waals surface area contributed by atoms with Gasteiger partial charge in [-0.15, -0.1) is 0 Å². The van der Waals surface area contributed by atoms with Crippen LogP contribution in [-0.2, 0) is 14.2 Å². The molecular formula is C17H23ClN2O6. The molecule has 144 valence electrons. The molecule has 0 unspecified atom stereocenters. The SMILES string of the molecule is COC(=O)c1cc(N(C(=O)OC(C)(C)C)C(=O)OC(C)(C)C)ncc1Cl. The number of esters is 1. The van der Waals surface area contributed by atoms with Crippen LogP contribution in [0.3, 0.4) is 0 Å². The number of halogens is 1. The number of amides is 2. The Morgan fingerprint density at radius 3 is 1.85 bits per heavy atom.